The van der Waals surface area contributed by atoms with E-state index in [9.17, 15) is 65.8 Å². The summed E-state index contributed by atoms with van der Waals surface area (Å²) in [6.07, 6.45) is 12.9. The van der Waals surface area contributed by atoms with Crippen molar-refractivity contribution in [3.8, 4) is 0 Å². The third-order valence-electron chi connectivity index (χ3n) is 9.25. The number of ether oxygens (including phenoxy) is 1. The van der Waals surface area contributed by atoms with Crippen LogP contribution in [0.4, 0.5) is 0 Å². The van der Waals surface area contributed by atoms with Crippen molar-refractivity contribution >= 4 is 11.9 Å². The van der Waals surface area contributed by atoms with Crippen LogP contribution in [-0.2, 0) is 14.3 Å². The quantitative estimate of drug-likeness (QED) is 0.0147. The summed E-state index contributed by atoms with van der Waals surface area (Å²) in [5.74, 6) is -1.15. The van der Waals surface area contributed by atoms with Crippen LogP contribution in [0.5, 0.6) is 0 Å². The molecule has 59 heavy (non-hydrogen) atoms. The number of esters is 1. The van der Waals surface area contributed by atoms with Gasteiger partial charge in [0.1, 0.15) is 0 Å². The topological polar surface area (TPSA) is 278 Å². The van der Waals surface area contributed by atoms with E-state index in [0.717, 1.165) is 0 Å². The van der Waals surface area contributed by atoms with E-state index in [1.807, 2.05) is 0 Å². The van der Waals surface area contributed by atoms with Crippen LogP contribution in [-0.4, -0.2) is 149 Å². The van der Waals surface area contributed by atoms with Gasteiger partial charge < -0.3 is 66.2 Å². The molecule has 0 aliphatic carbocycles. The molecule has 0 rings (SSSR count). The highest BCUT2D eigenvalue weighted by molar-refractivity contribution is 5.82. The van der Waals surface area contributed by atoms with E-state index in [1.54, 1.807) is 61.6 Å². The number of aliphatic hydroxyl groups is 11. The number of rotatable bonds is 33. The molecule has 338 valence electrons. The summed E-state index contributed by atoms with van der Waals surface area (Å²) in [6.45, 7) is 3.57. The minimum absolute atomic E-state index is 0.0694. The first kappa shape index (κ1) is 55.7. The molecule has 0 unspecified atom stereocenters. The summed E-state index contributed by atoms with van der Waals surface area (Å²) in [5, 5.41) is 116. The Balaban J connectivity index is 4.38. The zero-order valence-electron chi connectivity index (χ0n) is 34.8. The predicted molar refractivity (Wildman–Crippen MR) is 225 cm³/mol. The van der Waals surface area contributed by atoms with Crippen LogP contribution in [0.15, 0.2) is 85.1 Å². The molecule has 0 bridgehead atoms. The van der Waals surface area contributed by atoms with Crippen molar-refractivity contribution in [2.24, 2.45) is 5.92 Å². The lowest BCUT2D eigenvalue weighted by Gasteiger charge is -2.26. The van der Waals surface area contributed by atoms with Crippen molar-refractivity contribution in [3.63, 3.8) is 0 Å². The van der Waals surface area contributed by atoms with E-state index in [-0.39, 0.29) is 63.7 Å². The van der Waals surface area contributed by atoms with Crippen LogP contribution < -0.4 is 5.32 Å². The Labute approximate surface area is 349 Å². The second-order valence-electron chi connectivity index (χ2n) is 15.0. The molecular formula is C44H73NO14. The maximum atomic E-state index is 11.0. The maximum Gasteiger partial charge on any atom is 0.330 e. The summed E-state index contributed by atoms with van der Waals surface area (Å²) < 4.78 is 4.48. The highest BCUT2D eigenvalue weighted by atomic mass is 16.5. The van der Waals surface area contributed by atoms with Gasteiger partial charge >= 0.3 is 5.97 Å². The second kappa shape index (κ2) is 34.4. The molecule has 15 heteroatoms. The summed E-state index contributed by atoms with van der Waals surface area (Å²) in [7, 11) is 1.29. The van der Waals surface area contributed by atoms with Gasteiger partial charge in [-0.2, -0.15) is 0 Å². The van der Waals surface area contributed by atoms with E-state index >= 15 is 0 Å². The SMILES string of the molecule is COC(=O)/C=C/C=C/C=C/C=C/C[C@H](O)[C@@H](C)[C@@H](O)C[C@H](O)C[C@H](O)C[C@H](O)/C=C/C[C@@H](O)C[C@H](O)C[C@@H](O)C[C@H](O)/C=C/C[C@H](O)/C=C/C[C@H](O)CCCNC(C)=O. The molecule has 0 radical (unpaired) electrons. The number of carbonyl (C=O) groups excluding carboxylic acids is 2. The molecule has 0 heterocycles. The van der Waals surface area contributed by atoms with Crippen molar-refractivity contribution in [2.45, 2.75) is 158 Å². The van der Waals surface area contributed by atoms with Gasteiger partial charge in [0, 0.05) is 38.3 Å². The van der Waals surface area contributed by atoms with Crippen molar-refractivity contribution < 1.29 is 70.5 Å². The average molecular weight is 840 g/mol. The highest BCUT2D eigenvalue weighted by Crippen LogP contribution is 2.20. The number of aliphatic hydroxyl groups excluding tert-OH is 11. The number of methoxy groups -OCH3 is 1. The van der Waals surface area contributed by atoms with Gasteiger partial charge in [-0.15, -0.1) is 0 Å². The van der Waals surface area contributed by atoms with Gasteiger partial charge in [-0.1, -0.05) is 85.9 Å². The molecule has 0 aliphatic rings. The molecule has 0 saturated heterocycles. The number of nitrogens with one attached hydrogen (secondary N) is 1. The van der Waals surface area contributed by atoms with E-state index in [4.69, 9.17) is 0 Å². The Hall–Kier alpha value is -3.32. The Morgan fingerprint density at radius 2 is 1.00 bits per heavy atom. The van der Waals surface area contributed by atoms with Gasteiger partial charge in [-0.3, -0.25) is 4.79 Å². The lowest BCUT2D eigenvalue weighted by atomic mass is 9.90. The minimum atomic E-state index is -1.10. The van der Waals surface area contributed by atoms with Gasteiger partial charge in [0.15, 0.2) is 0 Å². The third-order valence-corrected chi connectivity index (χ3v) is 9.25. The standard InChI is InChI=1S/C44H73NO14/c1-31(42(56)22-9-7-5-4-6-8-10-23-44(58)59-3)43(57)30-41(55)29-40(54)27-37(51)20-13-19-36(50)26-39(53)28-38(52)25-35(49)18-12-17-33(47)15-11-16-34(48)21-14-24-45-32(2)46/h4-13,15,18,20,23,31,33-43,47-57H,14,16-17,19,21-22,24-30H2,1-3H3,(H,45,46)/b5-4+,8-6+,9-7+,15-11+,18-12+,20-13+,23-10+/t31-,33-,34+,35-,36-,37-,38+,39+,40-,41-,42+,43+/m1/s1. The van der Waals surface area contributed by atoms with Crippen LogP contribution in [0.1, 0.15) is 90.9 Å². The summed E-state index contributed by atoms with van der Waals surface area (Å²) in [6, 6.07) is 0. The number of hydrogen-bond donors (Lipinski definition) is 12. The molecule has 15 nitrogen and oxygen atoms in total. The van der Waals surface area contributed by atoms with E-state index in [0.29, 0.717) is 25.8 Å². The largest absolute Gasteiger partial charge is 0.466 e. The number of allylic oxidation sites excluding steroid dienone is 6. The molecule has 12 N–H and O–H groups in total. The fraction of sp³-hybridized carbons (Fsp3) is 0.636. The lowest BCUT2D eigenvalue weighted by Crippen LogP contribution is -2.33. The third kappa shape index (κ3) is 33.1. The van der Waals surface area contributed by atoms with Crippen LogP contribution in [0.25, 0.3) is 0 Å². The monoisotopic (exact) mass is 840 g/mol. The molecule has 0 aromatic heterocycles. The molecule has 12 atom stereocenters. The minimum Gasteiger partial charge on any atom is -0.466 e. The normalized spacial score (nSPS) is 19.1. The molecule has 0 aliphatic heterocycles. The Morgan fingerprint density at radius 1 is 0.525 bits per heavy atom. The first-order valence-electron chi connectivity index (χ1n) is 20.4. The van der Waals surface area contributed by atoms with Crippen molar-refractivity contribution in [1.29, 1.82) is 0 Å². The Morgan fingerprint density at radius 3 is 1.58 bits per heavy atom. The summed E-state index contributed by atoms with van der Waals surface area (Å²) >= 11 is 0. The lowest BCUT2D eigenvalue weighted by molar-refractivity contribution is -0.134. The molecule has 0 saturated carbocycles. The molecule has 0 spiro atoms. The number of carbonyl (C=O) groups is 2. The summed E-state index contributed by atoms with van der Waals surface area (Å²) in [5.41, 5.74) is 0. The van der Waals surface area contributed by atoms with Crippen molar-refractivity contribution in [1.82, 2.24) is 5.32 Å². The van der Waals surface area contributed by atoms with Crippen LogP contribution >= 0.6 is 0 Å². The zero-order valence-corrected chi connectivity index (χ0v) is 34.8. The van der Waals surface area contributed by atoms with Crippen molar-refractivity contribution in [2.75, 3.05) is 13.7 Å². The van der Waals surface area contributed by atoms with Gasteiger partial charge in [-0.05, 0) is 64.2 Å². The highest BCUT2D eigenvalue weighted by Gasteiger charge is 2.25. The van der Waals surface area contributed by atoms with E-state index in [2.05, 4.69) is 10.1 Å². The van der Waals surface area contributed by atoms with E-state index in [1.165, 1.54) is 44.4 Å². The first-order valence-corrected chi connectivity index (χ1v) is 20.4. The number of hydrogen-bond acceptors (Lipinski definition) is 14. The van der Waals surface area contributed by atoms with Crippen LogP contribution in [0, 0.1) is 5.92 Å². The maximum absolute atomic E-state index is 11.0. The molecule has 0 aromatic rings. The second-order valence-corrected chi connectivity index (χ2v) is 15.0. The van der Waals surface area contributed by atoms with E-state index < -0.39 is 79.0 Å². The fourth-order valence-corrected chi connectivity index (χ4v) is 5.82. The van der Waals surface area contributed by atoms with Crippen LogP contribution in [0.3, 0.4) is 0 Å². The number of amides is 1. The molecule has 0 fully saturated rings. The fourth-order valence-electron chi connectivity index (χ4n) is 5.82. The van der Waals surface area contributed by atoms with Gasteiger partial charge in [-0.25, -0.2) is 4.79 Å². The average Bonchev–Trinajstić information content (AvgIpc) is 3.14. The zero-order chi connectivity index (χ0) is 44.6. The van der Waals surface area contributed by atoms with Gasteiger partial charge in [0.05, 0.1) is 74.3 Å². The Bertz CT molecular complexity index is 1310. The van der Waals surface area contributed by atoms with Crippen molar-refractivity contribution in [3.05, 3.63) is 85.1 Å². The van der Waals surface area contributed by atoms with Gasteiger partial charge in [0.2, 0.25) is 5.91 Å². The molecular weight excluding hydrogens is 766 g/mol. The molecule has 1 amide bonds. The Kier molecular flexibility index (Phi) is 32.5. The predicted octanol–water partition coefficient (Wildman–Crippen LogP) is 1.48. The van der Waals surface area contributed by atoms with Gasteiger partial charge in [0.25, 0.3) is 0 Å². The first-order chi connectivity index (χ1) is 27.9. The van der Waals surface area contributed by atoms with Crippen LogP contribution in [0.2, 0.25) is 0 Å². The summed E-state index contributed by atoms with van der Waals surface area (Å²) in [4.78, 5) is 21.8. The smallest absolute Gasteiger partial charge is 0.330 e. The molecule has 0 aromatic carbocycles.